The van der Waals surface area contributed by atoms with Gasteiger partial charge in [0.2, 0.25) is 0 Å². The van der Waals surface area contributed by atoms with E-state index in [1.807, 2.05) is 0 Å². The average molecular weight is 119 g/mol. The molecule has 0 radical (unpaired) electrons. The molecule has 0 aromatic rings. The predicted octanol–water partition coefficient (Wildman–Crippen LogP) is -0.520. The first-order valence-electron chi connectivity index (χ1n) is 2.22. The zero-order valence-corrected chi connectivity index (χ0v) is 4.70. The summed E-state index contributed by atoms with van der Waals surface area (Å²) in [6, 6.07) is 0. The monoisotopic (exact) mass is 119 g/mol. The number of carbonyl (C=O) groups is 1. The normalized spacial score (nSPS) is 9.38. The minimum absolute atomic E-state index is 0.233. The fraction of sp³-hybridized carbons (Fsp3) is 0.750. The maximum absolute atomic E-state index is 9.46. The molecule has 0 spiro atoms. The van der Waals surface area contributed by atoms with Crippen LogP contribution >= 0.6 is 0 Å². The van der Waals surface area contributed by atoms with Crippen LogP contribution in [0, 0.1) is 0 Å². The molecular weight excluding hydrogens is 110 g/mol. The minimum Gasteiger partial charge on any atom is -0.466 e. The molecule has 0 fully saturated rings. The highest BCUT2D eigenvalue weighted by atomic mass is 16.5. The largest absolute Gasteiger partial charge is 0.466 e. The van der Waals surface area contributed by atoms with E-state index in [1.54, 1.807) is 0 Å². The molecule has 1 N–H and O–H groups in total. The van der Waals surface area contributed by atoms with Crippen LogP contribution in [-0.4, -0.2) is 36.9 Å². The highest BCUT2D eigenvalue weighted by molar-refractivity contribution is 5.36. The standard InChI is InChI=1S/C4H9NO3/c1-5(7)2-3-8-4-6/h4,7H,2-3H2,1H3. The number of hydroxylamine groups is 2. The summed E-state index contributed by atoms with van der Waals surface area (Å²) >= 11 is 0. The second kappa shape index (κ2) is 4.55. The van der Waals surface area contributed by atoms with Crippen LogP contribution in [0.15, 0.2) is 0 Å². The van der Waals surface area contributed by atoms with Gasteiger partial charge < -0.3 is 9.94 Å². The Kier molecular flexibility index (Phi) is 4.20. The van der Waals surface area contributed by atoms with Gasteiger partial charge in [0.15, 0.2) is 0 Å². The van der Waals surface area contributed by atoms with Crippen molar-refractivity contribution < 1.29 is 14.7 Å². The second-order valence-corrected chi connectivity index (χ2v) is 1.35. The molecule has 0 aliphatic heterocycles. The quantitative estimate of drug-likeness (QED) is 0.307. The zero-order chi connectivity index (χ0) is 6.41. The molecule has 0 amide bonds. The van der Waals surface area contributed by atoms with Crippen LogP contribution in [0.25, 0.3) is 0 Å². The van der Waals surface area contributed by atoms with Crippen LogP contribution in [0.5, 0.6) is 0 Å². The van der Waals surface area contributed by atoms with Gasteiger partial charge in [0, 0.05) is 7.05 Å². The van der Waals surface area contributed by atoms with E-state index in [4.69, 9.17) is 5.21 Å². The Bertz CT molecular complexity index is 64.3. The van der Waals surface area contributed by atoms with Crippen LogP contribution in [0.1, 0.15) is 0 Å². The molecule has 0 saturated carbocycles. The van der Waals surface area contributed by atoms with E-state index in [0.717, 1.165) is 5.06 Å². The van der Waals surface area contributed by atoms with E-state index in [1.165, 1.54) is 7.05 Å². The van der Waals surface area contributed by atoms with Gasteiger partial charge in [-0.1, -0.05) is 0 Å². The fourth-order valence-corrected chi connectivity index (χ4v) is 0.233. The topological polar surface area (TPSA) is 49.8 Å². The van der Waals surface area contributed by atoms with Crippen LogP contribution in [0.4, 0.5) is 0 Å². The van der Waals surface area contributed by atoms with Crippen molar-refractivity contribution in [3.8, 4) is 0 Å². The molecule has 48 valence electrons. The van der Waals surface area contributed by atoms with Gasteiger partial charge in [-0.3, -0.25) is 4.79 Å². The molecular formula is C4H9NO3. The summed E-state index contributed by atoms with van der Waals surface area (Å²) in [5, 5.41) is 9.36. The summed E-state index contributed by atoms with van der Waals surface area (Å²) in [5.74, 6) is 0. The van der Waals surface area contributed by atoms with Crippen molar-refractivity contribution in [1.29, 1.82) is 0 Å². The Morgan fingerprint density at radius 2 is 2.50 bits per heavy atom. The lowest BCUT2D eigenvalue weighted by atomic mass is 10.7. The van der Waals surface area contributed by atoms with Gasteiger partial charge >= 0.3 is 0 Å². The first-order valence-corrected chi connectivity index (χ1v) is 2.22. The number of rotatable bonds is 4. The lowest BCUT2D eigenvalue weighted by Gasteiger charge is -2.04. The first-order chi connectivity index (χ1) is 3.77. The van der Waals surface area contributed by atoms with Gasteiger partial charge in [0.05, 0.1) is 6.54 Å². The molecule has 4 heteroatoms. The van der Waals surface area contributed by atoms with E-state index in [-0.39, 0.29) is 6.61 Å². The lowest BCUT2D eigenvalue weighted by Crippen LogP contribution is -2.18. The molecule has 0 saturated heterocycles. The highest BCUT2D eigenvalue weighted by Crippen LogP contribution is 1.72. The molecule has 0 bridgehead atoms. The molecule has 0 aliphatic carbocycles. The summed E-state index contributed by atoms with van der Waals surface area (Å²) in [6.07, 6.45) is 0. The lowest BCUT2D eigenvalue weighted by molar-refractivity contribution is -0.132. The third-order valence-electron chi connectivity index (χ3n) is 0.601. The number of likely N-dealkylation sites (N-methyl/N-ethyl adjacent to an activating group) is 1. The SMILES string of the molecule is CN(O)CCOC=O. The zero-order valence-electron chi connectivity index (χ0n) is 4.70. The maximum atomic E-state index is 9.46. The number of nitrogens with zero attached hydrogens (tertiary/aromatic N) is 1. The van der Waals surface area contributed by atoms with Crippen molar-refractivity contribution in [2.75, 3.05) is 20.2 Å². The van der Waals surface area contributed by atoms with Crippen LogP contribution in [0.2, 0.25) is 0 Å². The fourth-order valence-electron chi connectivity index (χ4n) is 0.233. The molecule has 0 unspecified atom stereocenters. The smallest absolute Gasteiger partial charge is 0.293 e. The van der Waals surface area contributed by atoms with E-state index in [9.17, 15) is 4.79 Å². The molecule has 4 nitrogen and oxygen atoms in total. The highest BCUT2D eigenvalue weighted by Gasteiger charge is 1.88. The van der Waals surface area contributed by atoms with Gasteiger partial charge in [-0.25, -0.2) is 0 Å². The van der Waals surface area contributed by atoms with Crippen LogP contribution in [-0.2, 0) is 9.53 Å². The van der Waals surface area contributed by atoms with Crippen molar-refractivity contribution in [1.82, 2.24) is 5.06 Å². The Morgan fingerprint density at radius 3 is 2.88 bits per heavy atom. The van der Waals surface area contributed by atoms with Gasteiger partial charge in [-0.2, -0.15) is 5.06 Å². The minimum atomic E-state index is 0.233. The van der Waals surface area contributed by atoms with Crippen molar-refractivity contribution in [2.24, 2.45) is 0 Å². The van der Waals surface area contributed by atoms with Crippen molar-refractivity contribution in [3.05, 3.63) is 0 Å². The summed E-state index contributed by atoms with van der Waals surface area (Å²) in [5.41, 5.74) is 0. The third kappa shape index (κ3) is 5.39. The Balaban J connectivity index is 2.81. The van der Waals surface area contributed by atoms with Crippen LogP contribution in [0.3, 0.4) is 0 Å². The Labute approximate surface area is 47.6 Å². The molecule has 0 aromatic heterocycles. The maximum Gasteiger partial charge on any atom is 0.293 e. The molecule has 8 heavy (non-hydrogen) atoms. The van der Waals surface area contributed by atoms with Crippen molar-refractivity contribution in [3.63, 3.8) is 0 Å². The van der Waals surface area contributed by atoms with E-state index in [2.05, 4.69) is 4.74 Å². The first kappa shape index (κ1) is 7.39. The number of hydrogen-bond donors (Lipinski definition) is 1. The molecule has 0 heterocycles. The Morgan fingerprint density at radius 1 is 1.88 bits per heavy atom. The third-order valence-corrected chi connectivity index (χ3v) is 0.601. The summed E-state index contributed by atoms with van der Waals surface area (Å²) in [6.45, 7) is 0.929. The summed E-state index contributed by atoms with van der Waals surface area (Å²) in [7, 11) is 1.48. The molecule has 0 atom stereocenters. The van der Waals surface area contributed by atoms with Gasteiger partial charge in [0.25, 0.3) is 6.47 Å². The van der Waals surface area contributed by atoms with Gasteiger partial charge in [-0.05, 0) is 0 Å². The second-order valence-electron chi connectivity index (χ2n) is 1.35. The van der Waals surface area contributed by atoms with Crippen LogP contribution < -0.4 is 0 Å². The number of hydrogen-bond acceptors (Lipinski definition) is 4. The van der Waals surface area contributed by atoms with E-state index < -0.39 is 0 Å². The number of ether oxygens (including phenoxy) is 1. The number of carbonyl (C=O) groups excluding carboxylic acids is 1. The van der Waals surface area contributed by atoms with Crippen molar-refractivity contribution in [2.45, 2.75) is 0 Å². The van der Waals surface area contributed by atoms with E-state index >= 15 is 0 Å². The van der Waals surface area contributed by atoms with Gasteiger partial charge in [-0.15, -0.1) is 0 Å². The molecule has 0 aliphatic rings. The Hall–Kier alpha value is -0.610. The summed E-state index contributed by atoms with van der Waals surface area (Å²) in [4.78, 5) is 9.46. The predicted molar refractivity (Wildman–Crippen MR) is 26.4 cm³/mol. The summed E-state index contributed by atoms with van der Waals surface area (Å²) < 4.78 is 4.26. The van der Waals surface area contributed by atoms with Crippen molar-refractivity contribution >= 4 is 6.47 Å². The average Bonchev–Trinajstić information content (AvgIpc) is 1.66. The molecule has 0 rings (SSSR count). The van der Waals surface area contributed by atoms with Gasteiger partial charge in [0.1, 0.15) is 6.61 Å². The van der Waals surface area contributed by atoms with E-state index in [0.29, 0.717) is 13.0 Å². The molecule has 0 aromatic carbocycles.